The topological polar surface area (TPSA) is 131 Å². The van der Waals surface area contributed by atoms with Crippen LogP contribution in [-0.4, -0.2) is 80.9 Å². The predicted molar refractivity (Wildman–Crippen MR) is 187 cm³/mol. The number of carbonyl (C=O) groups is 3. The summed E-state index contributed by atoms with van der Waals surface area (Å²) in [4.78, 5) is 53.0. The number of carbonyl (C=O) groups excluding carboxylic acids is 3. The van der Waals surface area contributed by atoms with Gasteiger partial charge in [0, 0.05) is 68.8 Å². The molecule has 0 spiro atoms. The highest BCUT2D eigenvalue weighted by Gasteiger charge is 2.44. The Labute approximate surface area is 288 Å². The fraction of sp³-hybridized carbons (Fsp3) is 0.500. The lowest BCUT2D eigenvalue weighted by Crippen LogP contribution is -2.53. The van der Waals surface area contributed by atoms with Gasteiger partial charge in [0.1, 0.15) is 6.04 Å². The first-order chi connectivity index (χ1) is 23.6. The number of imide groups is 1. The lowest BCUT2D eigenvalue weighted by molar-refractivity contribution is -0.137. The van der Waals surface area contributed by atoms with Crippen LogP contribution in [-0.2, 0) is 21.7 Å². The zero-order valence-electron chi connectivity index (χ0n) is 28.7. The SMILES string of the molecule is CC(C)c1cnc(NC2CCN(c3ccc(CN4CCC(O)(c5ccc6c(c5)[C@@H](C)N([C@H]5CCC(=O)NC5=O)C6=O)CC4)cc3)CC2)nc1. The summed E-state index contributed by atoms with van der Waals surface area (Å²) < 4.78 is 0. The normalized spacial score (nSPS) is 23.2. The zero-order chi connectivity index (χ0) is 34.3. The number of anilines is 2. The van der Waals surface area contributed by atoms with Crippen LogP contribution in [0.25, 0.3) is 0 Å². The van der Waals surface area contributed by atoms with Crippen molar-refractivity contribution >= 4 is 29.4 Å². The number of nitrogens with zero attached hydrogens (tertiary/aromatic N) is 5. The zero-order valence-corrected chi connectivity index (χ0v) is 28.7. The molecule has 3 fully saturated rings. The number of rotatable bonds is 8. The van der Waals surface area contributed by atoms with Crippen molar-refractivity contribution < 1.29 is 19.5 Å². The van der Waals surface area contributed by atoms with Crippen molar-refractivity contribution in [1.82, 2.24) is 25.1 Å². The van der Waals surface area contributed by atoms with E-state index >= 15 is 0 Å². The van der Waals surface area contributed by atoms with Gasteiger partial charge in [-0.25, -0.2) is 9.97 Å². The van der Waals surface area contributed by atoms with Crippen LogP contribution >= 0.6 is 0 Å². The molecule has 49 heavy (non-hydrogen) atoms. The molecule has 2 aromatic carbocycles. The second-order valence-electron chi connectivity index (χ2n) is 14.5. The summed E-state index contributed by atoms with van der Waals surface area (Å²) in [6.45, 7) is 10.5. The number of aliphatic hydroxyl groups is 1. The Hall–Kier alpha value is -4.35. The van der Waals surface area contributed by atoms with Crippen molar-refractivity contribution in [3.05, 3.63) is 82.7 Å². The average Bonchev–Trinajstić information content (AvgIpc) is 3.35. The van der Waals surface area contributed by atoms with Gasteiger partial charge in [-0.3, -0.25) is 24.6 Å². The molecule has 258 valence electrons. The van der Waals surface area contributed by atoms with Crippen LogP contribution in [0, 0.1) is 0 Å². The van der Waals surface area contributed by atoms with Gasteiger partial charge in [-0.2, -0.15) is 0 Å². The molecule has 11 heteroatoms. The third-order valence-electron chi connectivity index (χ3n) is 11.0. The summed E-state index contributed by atoms with van der Waals surface area (Å²) in [5.74, 6) is 0.216. The second-order valence-corrected chi connectivity index (χ2v) is 14.5. The van der Waals surface area contributed by atoms with E-state index in [-0.39, 0.29) is 24.3 Å². The molecule has 3 aromatic rings. The smallest absolute Gasteiger partial charge is 0.255 e. The Bertz CT molecular complexity index is 1690. The number of benzene rings is 2. The highest BCUT2D eigenvalue weighted by Crippen LogP contribution is 2.41. The number of hydrogen-bond donors (Lipinski definition) is 3. The molecular weight excluding hydrogens is 618 g/mol. The molecule has 3 N–H and O–H groups in total. The minimum Gasteiger partial charge on any atom is -0.385 e. The van der Waals surface area contributed by atoms with Crippen molar-refractivity contribution in [1.29, 1.82) is 0 Å². The maximum atomic E-state index is 13.3. The van der Waals surface area contributed by atoms with E-state index in [1.165, 1.54) is 11.3 Å². The third kappa shape index (κ3) is 6.78. The van der Waals surface area contributed by atoms with E-state index in [1.54, 1.807) is 11.0 Å². The Morgan fingerprint density at radius 2 is 1.65 bits per heavy atom. The molecule has 5 heterocycles. The van der Waals surface area contributed by atoms with Crippen LogP contribution in [0.15, 0.2) is 54.9 Å². The molecule has 3 amide bonds. The molecule has 3 saturated heterocycles. The lowest BCUT2D eigenvalue weighted by atomic mass is 9.82. The third-order valence-corrected chi connectivity index (χ3v) is 11.0. The van der Waals surface area contributed by atoms with Crippen LogP contribution in [0.2, 0.25) is 0 Å². The average molecular weight is 666 g/mol. The van der Waals surface area contributed by atoms with Crippen LogP contribution in [0.1, 0.15) is 104 Å². The van der Waals surface area contributed by atoms with Gasteiger partial charge in [0.25, 0.3) is 5.91 Å². The molecule has 0 bridgehead atoms. The first-order valence-electron chi connectivity index (χ1n) is 17.8. The summed E-state index contributed by atoms with van der Waals surface area (Å²) in [7, 11) is 0. The van der Waals surface area contributed by atoms with Crippen molar-refractivity contribution in [2.24, 2.45) is 0 Å². The van der Waals surface area contributed by atoms with Gasteiger partial charge >= 0.3 is 0 Å². The number of piperidine rings is 3. The highest BCUT2D eigenvalue weighted by atomic mass is 16.3. The molecule has 1 aromatic heterocycles. The van der Waals surface area contributed by atoms with E-state index in [1.807, 2.05) is 31.5 Å². The van der Waals surface area contributed by atoms with Crippen LogP contribution in [0.5, 0.6) is 0 Å². The maximum absolute atomic E-state index is 13.3. The van der Waals surface area contributed by atoms with Gasteiger partial charge < -0.3 is 20.2 Å². The maximum Gasteiger partial charge on any atom is 0.255 e. The quantitative estimate of drug-likeness (QED) is 0.298. The molecule has 4 aliphatic rings. The largest absolute Gasteiger partial charge is 0.385 e. The molecule has 7 rings (SSSR count). The second kappa shape index (κ2) is 13.5. The summed E-state index contributed by atoms with van der Waals surface area (Å²) in [6, 6.07) is 13.9. The van der Waals surface area contributed by atoms with E-state index in [2.05, 4.69) is 68.5 Å². The number of hydrogen-bond acceptors (Lipinski definition) is 9. The minimum atomic E-state index is -0.981. The van der Waals surface area contributed by atoms with E-state index in [0.29, 0.717) is 42.7 Å². The number of nitrogens with one attached hydrogen (secondary N) is 2. The fourth-order valence-corrected chi connectivity index (χ4v) is 7.83. The van der Waals surface area contributed by atoms with Crippen LogP contribution < -0.4 is 15.5 Å². The molecule has 2 atom stereocenters. The van der Waals surface area contributed by atoms with Gasteiger partial charge in [0.2, 0.25) is 17.8 Å². The van der Waals surface area contributed by atoms with Crippen molar-refractivity contribution in [2.45, 2.75) is 95.5 Å². The molecule has 0 radical (unpaired) electrons. The van der Waals surface area contributed by atoms with Gasteiger partial charge in [0.15, 0.2) is 0 Å². The van der Waals surface area contributed by atoms with E-state index in [0.717, 1.165) is 62.3 Å². The number of aromatic nitrogens is 2. The number of likely N-dealkylation sites (tertiary alicyclic amines) is 1. The van der Waals surface area contributed by atoms with Gasteiger partial charge in [-0.1, -0.05) is 38.1 Å². The van der Waals surface area contributed by atoms with Crippen LogP contribution in [0.3, 0.4) is 0 Å². The van der Waals surface area contributed by atoms with E-state index < -0.39 is 17.6 Å². The summed E-state index contributed by atoms with van der Waals surface area (Å²) >= 11 is 0. The lowest BCUT2D eigenvalue weighted by Gasteiger charge is -2.39. The van der Waals surface area contributed by atoms with E-state index in [4.69, 9.17) is 0 Å². The first-order valence-corrected chi connectivity index (χ1v) is 17.8. The van der Waals surface area contributed by atoms with Gasteiger partial charge in [0.05, 0.1) is 11.6 Å². The molecule has 0 unspecified atom stereocenters. The number of fused-ring (bicyclic) bond motifs is 1. The standard InChI is InChI=1S/C38H47N7O4/c1-24(2)27-21-39-37(40-22-27)41-29-12-16-44(17-13-29)30-7-4-26(5-8-30)23-43-18-14-38(49,15-19-43)28-6-9-31-32(20-28)25(3)45(36(31)48)33-10-11-34(46)42-35(33)47/h4-9,20-22,24-25,29,33,49H,10-19,23H2,1-3H3,(H,39,40,41)(H,42,46,47)/t25-,33+/m1/s1. The summed E-state index contributed by atoms with van der Waals surface area (Å²) in [5, 5.41) is 17.6. The van der Waals surface area contributed by atoms with Crippen molar-refractivity contribution in [3.8, 4) is 0 Å². The first kappa shape index (κ1) is 33.2. The monoisotopic (exact) mass is 665 g/mol. The Morgan fingerprint density at radius 3 is 2.31 bits per heavy atom. The van der Waals surface area contributed by atoms with Gasteiger partial charge in [-0.15, -0.1) is 0 Å². The molecule has 0 aliphatic carbocycles. The minimum absolute atomic E-state index is 0.198. The number of amides is 3. The summed E-state index contributed by atoms with van der Waals surface area (Å²) in [6.07, 6.45) is 7.64. The molecule has 0 saturated carbocycles. The Morgan fingerprint density at radius 1 is 0.959 bits per heavy atom. The Kier molecular flexibility index (Phi) is 9.15. The Balaban J connectivity index is 0.904. The van der Waals surface area contributed by atoms with Gasteiger partial charge in [-0.05, 0) is 85.4 Å². The predicted octanol–water partition coefficient (Wildman–Crippen LogP) is 4.49. The fourth-order valence-electron chi connectivity index (χ4n) is 7.83. The molecule has 11 nitrogen and oxygen atoms in total. The summed E-state index contributed by atoms with van der Waals surface area (Å²) in [5.41, 5.74) is 4.88. The van der Waals surface area contributed by atoms with E-state index in [9.17, 15) is 19.5 Å². The van der Waals surface area contributed by atoms with Crippen molar-refractivity contribution in [3.63, 3.8) is 0 Å². The van der Waals surface area contributed by atoms with Crippen LogP contribution in [0.4, 0.5) is 11.6 Å². The van der Waals surface area contributed by atoms with Crippen molar-refractivity contribution in [2.75, 3.05) is 36.4 Å². The highest BCUT2D eigenvalue weighted by molar-refractivity contribution is 6.05. The molecule has 4 aliphatic heterocycles. The molecular formula is C38H47N7O4.